The van der Waals surface area contributed by atoms with Gasteiger partial charge in [0.2, 0.25) is 10.0 Å². The molecule has 18 heavy (non-hydrogen) atoms. The maximum Gasteiger partial charge on any atom is 0.246 e. The molecule has 1 aromatic rings. The molecule has 100 valence electrons. The highest BCUT2D eigenvalue weighted by molar-refractivity contribution is 7.89. The Balaban J connectivity index is 2.42. The van der Waals surface area contributed by atoms with Crippen LogP contribution in [0.25, 0.3) is 0 Å². The fourth-order valence-corrected chi connectivity index (χ4v) is 3.82. The van der Waals surface area contributed by atoms with Gasteiger partial charge in [-0.15, -0.1) is 0 Å². The van der Waals surface area contributed by atoms with E-state index in [-0.39, 0.29) is 10.9 Å². The van der Waals surface area contributed by atoms with Crippen LogP contribution in [0.2, 0.25) is 0 Å². The van der Waals surface area contributed by atoms with Crippen LogP contribution < -0.4 is 5.32 Å². The van der Waals surface area contributed by atoms with Gasteiger partial charge in [-0.2, -0.15) is 4.31 Å². The molecule has 0 spiro atoms. The largest absolute Gasteiger partial charge is 0.313 e. The Morgan fingerprint density at radius 1 is 1.44 bits per heavy atom. The smallest absolute Gasteiger partial charge is 0.246 e. The number of benzene rings is 1. The lowest BCUT2D eigenvalue weighted by Gasteiger charge is -2.36. The van der Waals surface area contributed by atoms with Gasteiger partial charge in [-0.1, -0.05) is 13.0 Å². The summed E-state index contributed by atoms with van der Waals surface area (Å²) >= 11 is 0. The summed E-state index contributed by atoms with van der Waals surface area (Å²) < 4.78 is 39.9. The van der Waals surface area contributed by atoms with Crippen LogP contribution in [0.5, 0.6) is 0 Å². The number of hydrogen-bond donors (Lipinski definition) is 1. The third kappa shape index (κ3) is 2.28. The van der Waals surface area contributed by atoms with E-state index in [0.29, 0.717) is 19.6 Å². The van der Waals surface area contributed by atoms with Gasteiger partial charge in [-0.3, -0.25) is 0 Å². The molecule has 1 aliphatic rings. The first kappa shape index (κ1) is 13.5. The zero-order valence-electron chi connectivity index (χ0n) is 10.5. The topological polar surface area (TPSA) is 49.4 Å². The molecule has 0 saturated carbocycles. The van der Waals surface area contributed by atoms with Crippen LogP contribution >= 0.6 is 0 Å². The zero-order valence-corrected chi connectivity index (χ0v) is 11.3. The van der Waals surface area contributed by atoms with Crippen LogP contribution in [0.15, 0.2) is 23.1 Å². The first-order chi connectivity index (χ1) is 8.46. The normalized spacial score (nSPS) is 16.9. The molecule has 6 heteroatoms. The molecular formula is C12H17FN2O2S. The van der Waals surface area contributed by atoms with E-state index >= 15 is 0 Å². The minimum atomic E-state index is -3.75. The minimum Gasteiger partial charge on any atom is -0.313 e. The Morgan fingerprint density at radius 3 is 2.61 bits per heavy atom. The van der Waals surface area contributed by atoms with Crippen molar-refractivity contribution < 1.29 is 12.8 Å². The van der Waals surface area contributed by atoms with Crippen LogP contribution in [0, 0.1) is 12.7 Å². The van der Waals surface area contributed by atoms with Crippen molar-refractivity contribution >= 4 is 10.0 Å². The third-order valence-corrected chi connectivity index (χ3v) is 5.19. The minimum absolute atomic E-state index is 0.0695. The highest BCUT2D eigenvalue weighted by Crippen LogP contribution is 2.23. The van der Waals surface area contributed by atoms with Gasteiger partial charge in [0.1, 0.15) is 10.7 Å². The average Bonchev–Trinajstić information content (AvgIpc) is 2.26. The molecule has 1 fully saturated rings. The Bertz CT molecular complexity index is 541. The van der Waals surface area contributed by atoms with E-state index in [4.69, 9.17) is 0 Å². The molecule has 0 radical (unpaired) electrons. The Hall–Kier alpha value is -0.980. The summed E-state index contributed by atoms with van der Waals surface area (Å²) in [6.07, 6.45) is 0. The SMILES string of the molecule is CCN(C1CNC1)S(=O)(=O)c1cc(C)ccc1F. The van der Waals surface area contributed by atoms with Crippen molar-refractivity contribution in [3.05, 3.63) is 29.6 Å². The van der Waals surface area contributed by atoms with Gasteiger partial charge in [-0.05, 0) is 24.6 Å². The first-order valence-corrected chi connectivity index (χ1v) is 7.39. The fraction of sp³-hybridized carbons (Fsp3) is 0.500. The number of aryl methyl sites for hydroxylation is 1. The lowest BCUT2D eigenvalue weighted by molar-refractivity contribution is 0.249. The number of sulfonamides is 1. The van der Waals surface area contributed by atoms with Gasteiger partial charge < -0.3 is 5.32 Å². The third-order valence-electron chi connectivity index (χ3n) is 3.15. The van der Waals surface area contributed by atoms with E-state index in [2.05, 4.69) is 5.32 Å². The molecule has 0 atom stereocenters. The summed E-state index contributed by atoms with van der Waals surface area (Å²) in [6.45, 7) is 5.12. The number of nitrogens with one attached hydrogen (secondary N) is 1. The van der Waals surface area contributed by atoms with E-state index in [1.165, 1.54) is 16.4 Å². The second-order valence-electron chi connectivity index (χ2n) is 4.45. The molecule has 1 saturated heterocycles. The van der Waals surface area contributed by atoms with Gasteiger partial charge in [0.05, 0.1) is 6.04 Å². The molecule has 0 amide bonds. The van der Waals surface area contributed by atoms with Crippen molar-refractivity contribution in [2.45, 2.75) is 24.8 Å². The van der Waals surface area contributed by atoms with Crippen LogP contribution in [-0.4, -0.2) is 38.4 Å². The maximum atomic E-state index is 13.7. The van der Waals surface area contributed by atoms with E-state index in [9.17, 15) is 12.8 Å². The van der Waals surface area contributed by atoms with Gasteiger partial charge in [0.25, 0.3) is 0 Å². The number of rotatable bonds is 4. The number of nitrogens with zero attached hydrogens (tertiary/aromatic N) is 1. The van der Waals surface area contributed by atoms with Crippen LogP contribution in [0.1, 0.15) is 12.5 Å². The number of hydrogen-bond acceptors (Lipinski definition) is 3. The van der Waals surface area contributed by atoms with Crippen molar-refractivity contribution in [3.8, 4) is 0 Å². The van der Waals surface area contributed by atoms with Crippen molar-refractivity contribution in [1.29, 1.82) is 0 Å². The molecule has 2 rings (SSSR count). The molecule has 0 aromatic heterocycles. The molecule has 4 nitrogen and oxygen atoms in total. The van der Waals surface area contributed by atoms with Crippen molar-refractivity contribution in [2.75, 3.05) is 19.6 Å². The van der Waals surface area contributed by atoms with Crippen molar-refractivity contribution in [3.63, 3.8) is 0 Å². The lowest BCUT2D eigenvalue weighted by Crippen LogP contribution is -2.58. The fourth-order valence-electron chi connectivity index (χ4n) is 2.04. The molecule has 1 heterocycles. The first-order valence-electron chi connectivity index (χ1n) is 5.95. The van der Waals surface area contributed by atoms with Crippen LogP contribution in [0.4, 0.5) is 4.39 Å². The molecule has 0 bridgehead atoms. The Labute approximate surface area is 107 Å². The molecule has 1 aromatic carbocycles. The second-order valence-corrected chi connectivity index (χ2v) is 6.31. The van der Waals surface area contributed by atoms with Gasteiger partial charge in [0.15, 0.2) is 0 Å². The van der Waals surface area contributed by atoms with Crippen LogP contribution in [0.3, 0.4) is 0 Å². The quantitative estimate of drug-likeness (QED) is 0.893. The summed E-state index contributed by atoms with van der Waals surface area (Å²) in [6, 6.07) is 4.09. The highest BCUT2D eigenvalue weighted by atomic mass is 32.2. The molecule has 0 unspecified atom stereocenters. The van der Waals surface area contributed by atoms with E-state index in [1.54, 1.807) is 19.9 Å². The molecule has 1 aliphatic heterocycles. The van der Waals surface area contributed by atoms with E-state index in [1.807, 2.05) is 0 Å². The van der Waals surface area contributed by atoms with E-state index in [0.717, 1.165) is 5.56 Å². The Kier molecular flexibility index (Phi) is 3.70. The van der Waals surface area contributed by atoms with Gasteiger partial charge >= 0.3 is 0 Å². The van der Waals surface area contributed by atoms with Crippen molar-refractivity contribution in [2.24, 2.45) is 0 Å². The summed E-state index contributed by atoms with van der Waals surface area (Å²) in [5.74, 6) is -0.689. The summed E-state index contributed by atoms with van der Waals surface area (Å²) in [4.78, 5) is -0.226. The molecule has 1 N–H and O–H groups in total. The predicted octanol–water partition coefficient (Wildman–Crippen LogP) is 1.12. The van der Waals surface area contributed by atoms with Gasteiger partial charge in [-0.25, -0.2) is 12.8 Å². The second kappa shape index (κ2) is 4.95. The molecule has 0 aliphatic carbocycles. The highest BCUT2D eigenvalue weighted by Gasteiger charge is 2.35. The van der Waals surface area contributed by atoms with Gasteiger partial charge in [0, 0.05) is 19.6 Å². The summed E-state index contributed by atoms with van der Waals surface area (Å²) in [7, 11) is -3.75. The Morgan fingerprint density at radius 2 is 2.11 bits per heavy atom. The standard InChI is InChI=1S/C12H17FN2O2S/c1-3-15(10-7-14-8-10)18(16,17)12-6-9(2)4-5-11(12)13/h4-6,10,14H,3,7-8H2,1-2H3. The van der Waals surface area contributed by atoms with Crippen LogP contribution in [-0.2, 0) is 10.0 Å². The number of halogens is 1. The van der Waals surface area contributed by atoms with Crippen molar-refractivity contribution in [1.82, 2.24) is 9.62 Å². The van der Waals surface area contributed by atoms with E-state index < -0.39 is 15.8 Å². The maximum absolute atomic E-state index is 13.7. The summed E-state index contributed by atoms with van der Waals surface area (Å²) in [5, 5.41) is 3.03. The lowest BCUT2D eigenvalue weighted by atomic mass is 10.2. The monoisotopic (exact) mass is 272 g/mol. The zero-order chi connectivity index (χ0) is 13.3. The number of likely N-dealkylation sites (N-methyl/N-ethyl adjacent to an activating group) is 1. The average molecular weight is 272 g/mol. The molecular weight excluding hydrogens is 255 g/mol. The summed E-state index contributed by atoms with van der Waals surface area (Å²) in [5.41, 5.74) is 0.734. The predicted molar refractivity (Wildman–Crippen MR) is 67.4 cm³/mol.